The molecule has 116 valence electrons. The van der Waals surface area contributed by atoms with Crippen LogP contribution in [-0.2, 0) is 13.0 Å². The molecule has 0 spiro atoms. The van der Waals surface area contributed by atoms with Crippen LogP contribution in [0.5, 0.6) is 0 Å². The van der Waals surface area contributed by atoms with Gasteiger partial charge in [0.1, 0.15) is 0 Å². The SMILES string of the molecule is N#Cc1cccc(CN(C2CC2)[C@H]2CCCc3ccccc32)c1. The Hall–Kier alpha value is -2.11. The first-order chi connectivity index (χ1) is 11.3. The van der Waals surface area contributed by atoms with Crippen molar-refractivity contribution in [2.45, 2.75) is 50.7 Å². The summed E-state index contributed by atoms with van der Waals surface area (Å²) in [6, 6.07) is 20.6. The van der Waals surface area contributed by atoms with Gasteiger partial charge in [-0.1, -0.05) is 36.4 Å². The molecule has 4 rings (SSSR count). The van der Waals surface area contributed by atoms with E-state index in [2.05, 4.69) is 41.3 Å². The van der Waals surface area contributed by atoms with E-state index in [0.717, 1.165) is 18.2 Å². The predicted molar refractivity (Wildman–Crippen MR) is 91.8 cm³/mol. The molecule has 2 heteroatoms. The Kier molecular flexibility index (Phi) is 3.89. The maximum atomic E-state index is 9.13. The average Bonchev–Trinajstić information content (AvgIpc) is 3.44. The van der Waals surface area contributed by atoms with Gasteiger partial charge in [-0.2, -0.15) is 5.26 Å². The summed E-state index contributed by atoms with van der Waals surface area (Å²) in [4.78, 5) is 2.69. The van der Waals surface area contributed by atoms with Crippen LogP contribution in [-0.4, -0.2) is 10.9 Å². The number of aryl methyl sites for hydroxylation is 1. The summed E-state index contributed by atoms with van der Waals surface area (Å²) in [5, 5.41) is 9.13. The van der Waals surface area contributed by atoms with Gasteiger partial charge >= 0.3 is 0 Å². The van der Waals surface area contributed by atoms with Crippen LogP contribution in [0.4, 0.5) is 0 Å². The molecule has 2 nitrogen and oxygen atoms in total. The van der Waals surface area contributed by atoms with Gasteiger partial charge in [0.25, 0.3) is 0 Å². The fourth-order valence-corrected chi connectivity index (χ4v) is 3.92. The molecule has 0 unspecified atom stereocenters. The molecule has 1 atom stereocenters. The molecule has 2 aromatic carbocycles. The van der Waals surface area contributed by atoms with Gasteiger partial charge in [-0.3, -0.25) is 4.90 Å². The van der Waals surface area contributed by atoms with Gasteiger partial charge in [-0.15, -0.1) is 0 Å². The van der Waals surface area contributed by atoms with Crippen LogP contribution < -0.4 is 0 Å². The van der Waals surface area contributed by atoms with E-state index < -0.39 is 0 Å². The number of rotatable bonds is 4. The second-order valence-corrected chi connectivity index (χ2v) is 6.82. The molecule has 0 bridgehead atoms. The molecule has 0 saturated heterocycles. The zero-order valence-electron chi connectivity index (χ0n) is 13.4. The molecule has 0 aromatic heterocycles. The van der Waals surface area contributed by atoms with Crippen LogP contribution >= 0.6 is 0 Å². The molecule has 1 fully saturated rings. The Balaban J connectivity index is 1.63. The normalized spacial score (nSPS) is 20.1. The summed E-state index contributed by atoms with van der Waals surface area (Å²) in [6.45, 7) is 0.958. The zero-order valence-corrected chi connectivity index (χ0v) is 13.4. The van der Waals surface area contributed by atoms with Crippen LogP contribution in [0.3, 0.4) is 0 Å². The fraction of sp³-hybridized carbons (Fsp3) is 0.381. The van der Waals surface area contributed by atoms with E-state index in [4.69, 9.17) is 5.26 Å². The summed E-state index contributed by atoms with van der Waals surface area (Å²) in [5.74, 6) is 0. The Morgan fingerprint density at radius 2 is 1.91 bits per heavy atom. The first kappa shape index (κ1) is 14.5. The standard InChI is InChI=1S/C21H22N2/c22-14-16-5-3-6-17(13-16)15-23(19-11-12-19)21-10-4-8-18-7-1-2-9-20(18)21/h1-3,5-7,9,13,19,21H,4,8,10-12,15H2/t21-/m0/s1. The lowest BCUT2D eigenvalue weighted by molar-refractivity contribution is 0.160. The third kappa shape index (κ3) is 3.02. The largest absolute Gasteiger partial charge is 0.289 e. The lowest BCUT2D eigenvalue weighted by atomic mass is 9.86. The zero-order chi connectivity index (χ0) is 15.6. The number of hydrogen-bond acceptors (Lipinski definition) is 2. The van der Waals surface area contributed by atoms with Crippen LogP contribution in [0.25, 0.3) is 0 Å². The molecule has 0 amide bonds. The van der Waals surface area contributed by atoms with Crippen molar-refractivity contribution in [2.24, 2.45) is 0 Å². The van der Waals surface area contributed by atoms with Crippen molar-refractivity contribution in [3.05, 3.63) is 70.8 Å². The van der Waals surface area contributed by atoms with Crippen LogP contribution in [0, 0.1) is 11.3 Å². The van der Waals surface area contributed by atoms with E-state index in [0.29, 0.717) is 6.04 Å². The van der Waals surface area contributed by atoms with Crippen molar-refractivity contribution in [1.82, 2.24) is 4.90 Å². The summed E-state index contributed by atoms with van der Waals surface area (Å²) in [7, 11) is 0. The molecule has 2 aliphatic rings. The molecule has 0 heterocycles. The molecule has 0 aliphatic heterocycles. The van der Waals surface area contributed by atoms with Crippen molar-refractivity contribution in [3.8, 4) is 6.07 Å². The van der Waals surface area contributed by atoms with Crippen molar-refractivity contribution >= 4 is 0 Å². The highest BCUT2D eigenvalue weighted by Crippen LogP contribution is 2.41. The van der Waals surface area contributed by atoms with E-state index in [1.54, 1.807) is 0 Å². The van der Waals surface area contributed by atoms with E-state index in [9.17, 15) is 0 Å². The van der Waals surface area contributed by atoms with Gasteiger partial charge in [-0.25, -0.2) is 0 Å². The highest BCUT2D eigenvalue weighted by Gasteiger charge is 2.36. The lowest BCUT2D eigenvalue weighted by Gasteiger charge is -2.36. The van der Waals surface area contributed by atoms with Crippen molar-refractivity contribution in [3.63, 3.8) is 0 Å². The molecular formula is C21H22N2. The smallest absolute Gasteiger partial charge is 0.0991 e. The van der Waals surface area contributed by atoms with Gasteiger partial charge in [0.05, 0.1) is 11.6 Å². The molecule has 0 radical (unpaired) electrons. The minimum Gasteiger partial charge on any atom is -0.289 e. The third-order valence-corrected chi connectivity index (χ3v) is 5.18. The highest BCUT2D eigenvalue weighted by molar-refractivity contribution is 5.35. The van der Waals surface area contributed by atoms with Crippen LogP contribution in [0.2, 0.25) is 0 Å². The van der Waals surface area contributed by atoms with Crippen LogP contribution in [0.15, 0.2) is 48.5 Å². The minimum atomic E-state index is 0.540. The Morgan fingerprint density at radius 3 is 2.74 bits per heavy atom. The second-order valence-electron chi connectivity index (χ2n) is 6.82. The highest BCUT2D eigenvalue weighted by atomic mass is 15.2. The second kappa shape index (κ2) is 6.18. The summed E-state index contributed by atoms with van der Waals surface area (Å²) in [6.07, 6.45) is 6.39. The van der Waals surface area contributed by atoms with Crippen molar-refractivity contribution in [2.75, 3.05) is 0 Å². The van der Waals surface area contributed by atoms with Crippen molar-refractivity contribution < 1.29 is 0 Å². The van der Waals surface area contributed by atoms with Gasteiger partial charge in [-0.05, 0) is 60.9 Å². The molecule has 23 heavy (non-hydrogen) atoms. The maximum absolute atomic E-state index is 9.13. The number of fused-ring (bicyclic) bond motifs is 1. The van der Waals surface area contributed by atoms with Gasteiger partial charge in [0.15, 0.2) is 0 Å². The van der Waals surface area contributed by atoms with E-state index in [1.807, 2.05) is 18.2 Å². The Morgan fingerprint density at radius 1 is 1.04 bits per heavy atom. The van der Waals surface area contributed by atoms with E-state index in [-0.39, 0.29) is 0 Å². The van der Waals surface area contributed by atoms with E-state index >= 15 is 0 Å². The number of nitrogens with zero attached hydrogens (tertiary/aromatic N) is 2. The Labute approximate surface area is 138 Å². The number of benzene rings is 2. The maximum Gasteiger partial charge on any atom is 0.0991 e. The molecule has 2 aromatic rings. The van der Waals surface area contributed by atoms with Crippen LogP contribution in [0.1, 0.15) is 54.0 Å². The molecule has 2 aliphatic carbocycles. The molecule has 0 N–H and O–H groups in total. The lowest BCUT2D eigenvalue weighted by Crippen LogP contribution is -2.32. The average molecular weight is 302 g/mol. The topological polar surface area (TPSA) is 27.0 Å². The Bertz CT molecular complexity index is 740. The van der Waals surface area contributed by atoms with Gasteiger partial charge in [0, 0.05) is 18.6 Å². The molecule has 1 saturated carbocycles. The third-order valence-electron chi connectivity index (χ3n) is 5.18. The van der Waals surface area contributed by atoms with E-state index in [1.165, 1.54) is 48.8 Å². The minimum absolute atomic E-state index is 0.540. The quantitative estimate of drug-likeness (QED) is 0.825. The first-order valence-corrected chi connectivity index (χ1v) is 8.68. The van der Waals surface area contributed by atoms with Gasteiger partial charge < -0.3 is 0 Å². The summed E-state index contributed by atoms with van der Waals surface area (Å²) in [5.41, 5.74) is 5.09. The molecular weight excluding hydrogens is 280 g/mol. The fourth-order valence-electron chi connectivity index (χ4n) is 3.92. The summed E-state index contributed by atoms with van der Waals surface area (Å²) < 4.78 is 0. The summed E-state index contributed by atoms with van der Waals surface area (Å²) >= 11 is 0. The first-order valence-electron chi connectivity index (χ1n) is 8.68. The number of nitriles is 1. The van der Waals surface area contributed by atoms with Crippen molar-refractivity contribution in [1.29, 1.82) is 5.26 Å². The predicted octanol–water partition coefficient (Wildman–Crippen LogP) is 4.60. The van der Waals surface area contributed by atoms with Gasteiger partial charge in [0.2, 0.25) is 0 Å². The number of hydrogen-bond donors (Lipinski definition) is 0. The monoisotopic (exact) mass is 302 g/mol.